The highest BCUT2D eigenvalue weighted by atomic mass is 16.4. The Morgan fingerprint density at radius 3 is 2.31 bits per heavy atom. The molecule has 0 amide bonds. The van der Waals surface area contributed by atoms with E-state index >= 15 is 0 Å². The van der Waals surface area contributed by atoms with Crippen molar-refractivity contribution in [1.82, 2.24) is 5.32 Å². The smallest absolute Gasteiger partial charge is 0.307 e. The Bertz CT molecular complexity index is 181. The van der Waals surface area contributed by atoms with Crippen molar-refractivity contribution in [2.24, 2.45) is 11.8 Å². The summed E-state index contributed by atoms with van der Waals surface area (Å²) >= 11 is 0. The lowest BCUT2D eigenvalue weighted by atomic mass is 10.0. The summed E-state index contributed by atoms with van der Waals surface area (Å²) in [5.41, 5.74) is 0. The van der Waals surface area contributed by atoms with Crippen LogP contribution in [0.5, 0.6) is 0 Å². The van der Waals surface area contributed by atoms with Gasteiger partial charge in [-0.3, -0.25) is 4.79 Å². The van der Waals surface area contributed by atoms with Crippen molar-refractivity contribution in [3.05, 3.63) is 0 Å². The molecule has 96 valence electrons. The van der Waals surface area contributed by atoms with E-state index in [1.165, 1.54) is 25.7 Å². The molecule has 0 saturated heterocycles. The fourth-order valence-corrected chi connectivity index (χ4v) is 1.56. The fraction of sp³-hybridized carbons (Fsp3) is 0.923. The molecule has 0 aliphatic heterocycles. The van der Waals surface area contributed by atoms with E-state index in [0.717, 1.165) is 18.9 Å². The lowest BCUT2D eigenvalue weighted by Crippen LogP contribution is -2.26. The standard InChI is InChI=1S/C13H27NO2/c1-11(2)8-6-4-5-7-9-14-10-12(3)13(15)16/h11-12,14H,4-10H2,1-3H3,(H,15,16). The van der Waals surface area contributed by atoms with Crippen molar-refractivity contribution in [3.8, 4) is 0 Å². The first-order valence-corrected chi connectivity index (χ1v) is 6.47. The molecule has 16 heavy (non-hydrogen) atoms. The first-order chi connectivity index (χ1) is 7.54. The number of carboxylic acid groups (broad SMARTS) is 1. The van der Waals surface area contributed by atoms with Crippen molar-refractivity contribution < 1.29 is 9.90 Å². The summed E-state index contributed by atoms with van der Waals surface area (Å²) in [4.78, 5) is 10.5. The molecule has 0 heterocycles. The summed E-state index contributed by atoms with van der Waals surface area (Å²) in [5.74, 6) is -0.181. The number of hydrogen-bond acceptors (Lipinski definition) is 2. The van der Waals surface area contributed by atoms with Gasteiger partial charge in [-0.15, -0.1) is 0 Å². The van der Waals surface area contributed by atoms with Crippen LogP contribution in [0.2, 0.25) is 0 Å². The van der Waals surface area contributed by atoms with Gasteiger partial charge in [0.1, 0.15) is 0 Å². The van der Waals surface area contributed by atoms with Crippen molar-refractivity contribution >= 4 is 5.97 Å². The second kappa shape index (κ2) is 9.64. The minimum absolute atomic E-state index is 0.277. The highest BCUT2D eigenvalue weighted by molar-refractivity contribution is 5.69. The molecule has 1 unspecified atom stereocenters. The molecule has 0 radical (unpaired) electrons. The summed E-state index contributed by atoms with van der Waals surface area (Å²) in [7, 11) is 0. The predicted molar refractivity (Wildman–Crippen MR) is 67.6 cm³/mol. The number of unbranched alkanes of at least 4 members (excludes halogenated alkanes) is 3. The van der Waals surface area contributed by atoms with Crippen molar-refractivity contribution in [3.63, 3.8) is 0 Å². The summed E-state index contributed by atoms with van der Waals surface area (Å²) in [6, 6.07) is 0. The van der Waals surface area contributed by atoms with E-state index < -0.39 is 5.97 Å². The molecule has 2 N–H and O–H groups in total. The van der Waals surface area contributed by atoms with E-state index in [-0.39, 0.29) is 5.92 Å². The van der Waals surface area contributed by atoms with E-state index in [9.17, 15) is 4.79 Å². The minimum atomic E-state index is -0.718. The molecule has 0 fully saturated rings. The Labute approximate surface area is 99.6 Å². The molecule has 1 atom stereocenters. The quantitative estimate of drug-likeness (QED) is 0.566. The highest BCUT2D eigenvalue weighted by Crippen LogP contribution is 2.08. The third-order valence-electron chi connectivity index (χ3n) is 2.76. The molecule has 3 nitrogen and oxygen atoms in total. The van der Waals surface area contributed by atoms with Crippen LogP contribution in [0.3, 0.4) is 0 Å². The third-order valence-corrected chi connectivity index (χ3v) is 2.76. The average Bonchev–Trinajstić information content (AvgIpc) is 2.21. The van der Waals surface area contributed by atoms with Crippen LogP contribution in [-0.2, 0) is 4.79 Å². The highest BCUT2D eigenvalue weighted by Gasteiger charge is 2.08. The molecule has 0 bridgehead atoms. The number of aliphatic carboxylic acids is 1. The maximum absolute atomic E-state index is 10.5. The van der Waals surface area contributed by atoms with Crippen molar-refractivity contribution in [2.75, 3.05) is 13.1 Å². The summed E-state index contributed by atoms with van der Waals surface area (Å²) in [6.07, 6.45) is 6.35. The van der Waals surface area contributed by atoms with Crippen LogP contribution in [0.1, 0.15) is 52.9 Å². The van der Waals surface area contributed by atoms with Crippen LogP contribution in [0.25, 0.3) is 0 Å². The number of nitrogens with one attached hydrogen (secondary N) is 1. The normalized spacial score (nSPS) is 13.0. The molecule has 0 rings (SSSR count). The topological polar surface area (TPSA) is 49.3 Å². The van der Waals surface area contributed by atoms with Gasteiger partial charge in [0, 0.05) is 6.54 Å². The van der Waals surface area contributed by atoms with Gasteiger partial charge in [-0.2, -0.15) is 0 Å². The van der Waals surface area contributed by atoms with E-state index in [1.54, 1.807) is 6.92 Å². The molecule has 0 aliphatic rings. The molecule has 0 aromatic carbocycles. The van der Waals surface area contributed by atoms with Crippen LogP contribution >= 0.6 is 0 Å². The Morgan fingerprint density at radius 2 is 1.75 bits per heavy atom. The van der Waals surface area contributed by atoms with Crippen molar-refractivity contribution in [2.45, 2.75) is 52.9 Å². The molecular formula is C13H27NO2. The molecule has 0 saturated carbocycles. The van der Waals surface area contributed by atoms with E-state index in [1.807, 2.05) is 0 Å². The Hall–Kier alpha value is -0.570. The number of carbonyl (C=O) groups is 1. The maximum Gasteiger partial charge on any atom is 0.307 e. The number of hydrogen-bond donors (Lipinski definition) is 2. The number of rotatable bonds is 10. The van der Waals surface area contributed by atoms with Gasteiger partial charge in [0.2, 0.25) is 0 Å². The van der Waals surface area contributed by atoms with Crippen LogP contribution in [0, 0.1) is 11.8 Å². The predicted octanol–water partition coefficient (Wildman–Crippen LogP) is 2.90. The summed E-state index contributed by atoms with van der Waals surface area (Å²) in [5, 5.41) is 11.9. The van der Waals surface area contributed by atoms with Gasteiger partial charge in [-0.1, -0.05) is 46.5 Å². The molecule has 0 aliphatic carbocycles. The van der Waals surface area contributed by atoms with E-state index in [4.69, 9.17) is 5.11 Å². The van der Waals surface area contributed by atoms with Gasteiger partial charge in [0.15, 0.2) is 0 Å². The number of carboxylic acids is 1. The first kappa shape index (κ1) is 15.4. The lowest BCUT2D eigenvalue weighted by Gasteiger charge is -2.08. The third kappa shape index (κ3) is 9.97. The van der Waals surface area contributed by atoms with Gasteiger partial charge in [0.05, 0.1) is 5.92 Å². The summed E-state index contributed by atoms with van der Waals surface area (Å²) < 4.78 is 0. The van der Waals surface area contributed by atoms with E-state index in [2.05, 4.69) is 19.2 Å². The monoisotopic (exact) mass is 229 g/mol. The lowest BCUT2D eigenvalue weighted by molar-refractivity contribution is -0.140. The molecule has 3 heteroatoms. The molecule has 0 spiro atoms. The van der Waals surface area contributed by atoms with E-state index in [0.29, 0.717) is 6.54 Å². The van der Waals surface area contributed by atoms with Crippen LogP contribution in [0.15, 0.2) is 0 Å². The van der Waals surface area contributed by atoms with Gasteiger partial charge < -0.3 is 10.4 Å². The average molecular weight is 229 g/mol. The second-order valence-electron chi connectivity index (χ2n) is 5.04. The zero-order valence-corrected chi connectivity index (χ0v) is 11.0. The van der Waals surface area contributed by atoms with Crippen LogP contribution in [0.4, 0.5) is 0 Å². The minimum Gasteiger partial charge on any atom is -0.481 e. The van der Waals surface area contributed by atoms with Crippen LogP contribution < -0.4 is 5.32 Å². The second-order valence-corrected chi connectivity index (χ2v) is 5.04. The largest absolute Gasteiger partial charge is 0.481 e. The van der Waals surface area contributed by atoms with Gasteiger partial charge >= 0.3 is 5.97 Å². The first-order valence-electron chi connectivity index (χ1n) is 6.47. The maximum atomic E-state index is 10.5. The van der Waals surface area contributed by atoms with Gasteiger partial charge in [-0.25, -0.2) is 0 Å². The fourth-order valence-electron chi connectivity index (χ4n) is 1.56. The Balaban J connectivity index is 3.13. The molecule has 0 aromatic rings. The molecule has 0 aromatic heterocycles. The zero-order valence-electron chi connectivity index (χ0n) is 11.0. The Morgan fingerprint density at radius 1 is 1.12 bits per heavy atom. The zero-order chi connectivity index (χ0) is 12.4. The van der Waals surface area contributed by atoms with Crippen LogP contribution in [-0.4, -0.2) is 24.2 Å². The SMILES string of the molecule is CC(C)CCCCCCNCC(C)C(=O)O. The summed E-state index contributed by atoms with van der Waals surface area (Å²) in [6.45, 7) is 7.78. The van der Waals surface area contributed by atoms with Crippen molar-refractivity contribution in [1.29, 1.82) is 0 Å². The molecular weight excluding hydrogens is 202 g/mol. The van der Waals surface area contributed by atoms with Gasteiger partial charge in [-0.05, 0) is 18.9 Å². The van der Waals surface area contributed by atoms with Gasteiger partial charge in [0.25, 0.3) is 0 Å². The Kier molecular flexibility index (Phi) is 9.30.